The fraction of sp³-hybridized carbons (Fsp3) is 0.538. The predicted octanol–water partition coefficient (Wildman–Crippen LogP) is 4.27. The number of carbonyl (C=O) groups excluding carboxylic acids is 2. The second kappa shape index (κ2) is 9.59. The first-order chi connectivity index (χ1) is 15.5. The first kappa shape index (κ1) is 22.7. The Hall–Kier alpha value is -2.44. The van der Waals surface area contributed by atoms with Crippen molar-refractivity contribution in [2.75, 3.05) is 33.4 Å². The number of urea groups is 1. The third-order valence-corrected chi connectivity index (χ3v) is 7.35. The fourth-order valence-electron chi connectivity index (χ4n) is 5.19. The van der Waals surface area contributed by atoms with Gasteiger partial charge in [0.1, 0.15) is 5.54 Å². The number of hydrogen-bond donors (Lipinski definition) is 0. The molecule has 6 nitrogen and oxygen atoms in total. The summed E-state index contributed by atoms with van der Waals surface area (Å²) in [5.41, 5.74) is 0.266. The molecule has 0 N–H and O–H groups in total. The summed E-state index contributed by atoms with van der Waals surface area (Å²) in [6.45, 7) is 7.58. The second-order valence-electron chi connectivity index (χ2n) is 9.18. The summed E-state index contributed by atoms with van der Waals surface area (Å²) < 4.78 is 5.22. The molecule has 2 aromatic rings. The number of hydrogen-bond acceptors (Lipinski definition) is 4. The third-order valence-electron chi connectivity index (χ3n) is 7.35. The van der Waals surface area contributed by atoms with Crippen LogP contribution in [0.5, 0.6) is 0 Å². The van der Waals surface area contributed by atoms with Crippen LogP contribution in [0.2, 0.25) is 0 Å². The number of fused-ring (bicyclic) bond motifs is 1. The summed E-state index contributed by atoms with van der Waals surface area (Å²) in [6.07, 6.45) is 3.22. The predicted molar refractivity (Wildman–Crippen MR) is 126 cm³/mol. The lowest BCUT2D eigenvalue weighted by Gasteiger charge is -2.44. The molecule has 2 aliphatic heterocycles. The van der Waals surface area contributed by atoms with Crippen molar-refractivity contribution in [1.82, 2.24) is 14.7 Å². The van der Waals surface area contributed by atoms with Crippen LogP contribution in [0.3, 0.4) is 0 Å². The van der Waals surface area contributed by atoms with E-state index in [4.69, 9.17) is 4.74 Å². The molecule has 2 saturated heterocycles. The average Bonchev–Trinajstić information content (AvgIpc) is 3.00. The molecule has 1 spiro atoms. The van der Waals surface area contributed by atoms with E-state index in [1.807, 2.05) is 23.1 Å². The maximum absolute atomic E-state index is 13.8. The second-order valence-corrected chi connectivity index (χ2v) is 9.18. The number of ether oxygens (including phenoxy) is 1. The number of imide groups is 1. The van der Waals surface area contributed by atoms with E-state index in [1.54, 1.807) is 7.11 Å². The van der Waals surface area contributed by atoms with E-state index in [0.717, 1.165) is 42.3 Å². The summed E-state index contributed by atoms with van der Waals surface area (Å²) in [5, 5.41) is 2.28. The smallest absolute Gasteiger partial charge is 0.327 e. The van der Waals surface area contributed by atoms with Crippen molar-refractivity contribution in [2.45, 2.75) is 57.7 Å². The molecule has 3 amide bonds. The first-order valence-corrected chi connectivity index (χ1v) is 11.8. The van der Waals surface area contributed by atoms with Gasteiger partial charge in [-0.15, -0.1) is 0 Å². The number of piperidine rings is 1. The van der Waals surface area contributed by atoms with Gasteiger partial charge >= 0.3 is 6.03 Å². The number of nitrogens with zero attached hydrogens (tertiary/aromatic N) is 3. The van der Waals surface area contributed by atoms with E-state index in [2.05, 4.69) is 43.0 Å². The van der Waals surface area contributed by atoms with Crippen LogP contribution in [-0.2, 0) is 16.1 Å². The number of methoxy groups -OCH3 is 1. The number of carbonyl (C=O) groups is 2. The van der Waals surface area contributed by atoms with Gasteiger partial charge in [-0.1, -0.05) is 43.3 Å². The molecule has 6 heteroatoms. The van der Waals surface area contributed by atoms with Gasteiger partial charge in [-0.05, 0) is 55.0 Å². The number of amides is 3. The Kier molecular flexibility index (Phi) is 6.82. The van der Waals surface area contributed by atoms with Gasteiger partial charge in [0, 0.05) is 39.4 Å². The molecule has 2 aromatic carbocycles. The van der Waals surface area contributed by atoms with Crippen molar-refractivity contribution >= 4 is 22.7 Å². The van der Waals surface area contributed by atoms with Crippen molar-refractivity contribution in [3.8, 4) is 0 Å². The Morgan fingerprint density at radius 3 is 2.47 bits per heavy atom. The number of rotatable bonds is 8. The molecule has 0 bridgehead atoms. The van der Waals surface area contributed by atoms with Crippen LogP contribution >= 0.6 is 0 Å². The standard InChI is InChI=1S/C26H35N3O3/c1-4-20(2)27-15-12-26(13-16-27)24(30)28(25(31)29(26)14-7-17-32-3)19-21-10-11-22-8-5-6-9-23(22)18-21/h5-6,8-11,18,20H,4,7,12-17,19H2,1-3H3/t20-/m0/s1. The van der Waals surface area contributed by atoms with Crippen LogP contribution in [-0.4, -0.2) is 71.6 Å². The average molecular weight is 438 g/mol. The fourth-order valence-corrected chi connectivity index (χ4v) is 5.19. The molecule has 0 aromatic heterocycles. The molecule has 32 heavy (non-hydrogen) atoms. The van der Waals surface area contributed by atoms with Gasteiger partial charge in [-0.25, -0.2) is 4.79 Å². The van der Waals surface area contributed by atoms with Gasteiger partial charge in [0.05, 0.1) is 6.54 Å². The van der Waals surface area contributed by atoms with Crippen LogP contribution in [0.1, 0.15) is 45.1 Å². The zero-order chi connectivity index (χ0) is 22.7. The summed E-state index contributed by atoms with van der Waals surface area (Å²) in [5.74, 6) is -0.0307. The molecule has 0 radical (unpaired) electrons. The highest BCUT2D eigenvalue weighted by Crippen LogP contribution is 2.39. The minimum absolute atomic E-state index is 0.0307. The zero-order valence-corrected chi connectivity index (χ0v) is 19.5. The maximum Gasteiger partial charge on any atom is 0.327 e. The Morgan fingerprint density at radius 1 is 1.06 bits per heavy atom. The van der Waals surface area contributed by atoms with Crippen molar-refractivity contribution in [2.24, 2.45) is 0 Å². The monoisotopic (exact) mass is 437 g/mol. The molecule has 2 heterocycles. The van der Waals surface area contributed by atoms with Crippen molar-refractivity contribution in [3.05, 3.63) is 48.0 Å². The molecular weight excluding hydrogens is 402 g/mol. The quantitative estimate of drug-likeness (QED) is 0.457. The minimum Gasteiger partial charge on any atom is -0.385 e. The lowest BCUT2D eigenvalue weighted by Crippen LogP contribution is -2.57. The van der Waals surface area contributed by atoms with E-state index in [0.29, 0.717) is 38.6 Å². The molecule has 2 fully saturated rings. The molecule has 0 aliphatic carbocycles. The van der Waals surface area contributed by atoms with Crippen LogP contribution in [0.15, 0.2) is 42.5 Å². The minimum atomic E-state index is -0.717. The molecule has 4 rings (SSSR count). The normalized spacial score (nSPS) is 20.0. The van der Waals surface area contributed by atoms with Gasteiger partial charge < -0.3 is 14.5 Å². The molecule has 172 valence electrons. The highest BCUT2D eigenvalue weighted by molar-refractivity contribution is 6.07. The van der Waals surface area contributed by atoms with E-state index in [9.17, 15) is 9.59 Å². The summed E-state index contributed by atoms with van der Waals surface area (Å²) in [7, 11) is 1.67. The number of benzene rings is 2. The Morgan fingerprint density at radius 2 is 1.78 bits per heavy atom. The third kappa shape index (κ3) is 4.14. The summed E-state index contributed by atoms with van der Waals surface area (Å²) >= 11 is 0. The van der Waals surface area contributed by atoms with Gasteiger partial charge in [-0.3, -0.25) is 9.69 Å². The van der Waals surface area contributed by atoms with Gasteiger partial charge in [0.2, 0.25) is 0 Å². The van der Waals surface area contributed by atoms with Crippen LogP contribution in [0.25, 0.3) is 10.8 Å². The van der Waals surface area contributed by atoms with E-state index in [1.165, 1.54) is 4.90 Å². The van der Waals surface area contributed by atoms with Crippen LogP contribution in [0.4, 0.5) is 4.79 Å². The van der Waals surface area contributed by atoms with Crippen LogP contribution < -0.4 is 0 Å². The number of likely N-dealkylation sites (tertiary alicyclic amines) is 1. The molecule has 0 saturated carbocycles. The van der Waals surface area contributed by atoms with E-state index in [-0.39, 0.29) is 11.9 Å². The van der Waals surface area contributed by atoms with E-state index < -0.39 is 5.54 Å². The van der Waals surface area contributed by atoms with Gasteiger partial charge in [0.25, 0.3) is 5.91 Å². The van der Waals surface area contributed by atoms with Gasteiger partial charge in [0.15, 0.2) is 0 Å². The Bertz CT molecular complexity index is 968. The van der Waals surface area contributed by atoms with Gasteiger partial charge in [-0.2, -0.15) is 0 Å². The molecule has 1 atom stereocenters. The molecule has 0 unspecified atom stereocenters. The molecule has 2 aliphatic rings. The zero-order valence-electron chi connectivity index (χ0n) is 19.5. The van der Waals surface area contributed by atoms with Crippen molar-refractivity contribution in [1.29, 1.82) is 0 Å². The lowest BCUT2D eigenvalue weighted by molar-refractivity contribution is -0.136. The summed E-state index contributed by atoms with van der Waals surface area (Å²) in [4.78, 5) is 33.0. The Labute approximate surface area is 191 Å². The highest BCUT2D eigenvalue weighted by atomic mass is 16.5. The first-order valence-electron chi connectivity index (χ1n) is 11.8. The Balaban J connectivity index is 1.58. The molecular formula is C26H35N3O3. The SMILES string of the molecule is CC[C@H](C)N1CCC2(CC1)C(=O)N(Cc1ccc3ccccc3c1)C(=O)N2CCCOC. The van der Waals surface area contributed by atoms with Crippen molar-refractivity contribution < 1.29 is 14.3 Å². The van der Waals surface area contributed by atoms with Crippen LogP contribution in [0, 0.1) is 0 Å². The highest BCUT2D eigenvalue weighted by Gasteiger charge is 2.57. The van der Waals surface area contributed by atoms with Crippen molar-refractivity contribution in [3.63, 3.8) is 0 Å². The van der Waals surface area contributed by atoms with E-state index >= 15 is 0 Å². The summed E-state index contributed by atoms with van der Waals surface area (Å²) in [6, 6.07) is 14.7. The maximum atomic E-state index is 13.8. The topological polar surface area (TPSA) is 53.1 Å². The largest absolute Gasteiger partial charge is 0.385 e. The lowest BCUT2D eigenvalue weighted by atomic mass is 9.85.